The molecule has 0 fully saturated rings. The van der Waals surface area contributed by atoms with Crippen LogP contribution >= 0.6 is 0 Å². The van der Waals surface area contributed by atoms with Gasteiger partial charge in [0.05, 0.1) is 17.4 Å². The molecule has 0 radical (unpaired) electrons. The van der Waals surface area contributed by atoms with Gasteiger partial charge in [-0.05, 0) is 63.0 Å². The third-order valence-electron chi connectivity index (χ3n) is 3.74. The molecule has 0 aliphatic carbocycles. The molecule has 0 unspecified atom stereocenters. The molecule has 0 saturated carbocycles. The summed E-state index contributed by atoms with van der Waals surface area (Å²) in [5.74, 6) is 0. The Morgan fingerprint density at radius 2 is 1.89 bits per heavy atom. The van der Waals surface area contributed by atoms with Crippen molar-refractivity contribution in [3.05, 3.63) is 29.6 Å². The molecule has 1 N–H and O–H groups in total. The number of rotatable bonds is 7. The fourth-order valence-electron chi connectivity index (χ4n) is 2.38. The number of imidazole rings is 1. The van der Waals surface area contributed by atoms with Crippen molar-refractivity contribution in [2.45, 2.75) is 46.6 Å². The van der Waals surface area contributed by atoms with Crippen LogP contribution in [0.1, 0.15) is 37.3 Å². The Balaban J connectivity index is 1.92. The summed E-state index contributed by atoms with van der Waals surface area (Å²) in [7, 11) is 0. The average molecular weight is 259 g/mol. The Hall–Kier alpha value is -1.35. The Morgan fingerprint density at radius 1 is 1.11 bits per heavy atom. The lowest BCUT2D eigenvalue weighted by Gasteiger charge is -2.06. The molecule has 2 rings (SSSR count). The molecular formula is C16H25N3. The van der Waals surface area contributed by atoms with E-state index in [0.29, 0.717) is 0 Å². The van der Waals surface area contributed by atoms with E-state index in [0.717, 1.165) is 25.2 Å². The highest BCUT2D eigenvalue weighted by Crippen LogP contribution is 2.18. The normalized spacial score (nSPS) is 11.3. The lowest BCUT2D eigenvalue weighted by atomic mass is 10.1. The van der Waals surface area contributed by atoms with Gasteiger partial charge in [0.25, 0.3) is 0 Å². The molecule has 0 spiro atoms. The highest BCUT2D eigenvalue weighted by Gasteiger charge is 2.04. The summed E-state index contributed by atoms with van der Waals surface area (Å²) in [5, 5.41) is 3.37. The van der Waals surface area contributed by atoms with E-state index < -0.39 is 0 Å². The van der Waals surface area contributed by atoms with Crippen LogP contribution in [-0.2, 0) is 6.54 Å². The van der Waals surface area contributed by atoms with Crippen LogP contribution in [0.3, 0.4) is 0 Å². The van der Waals surface area contributed by atoms with Crippen molar-refractivity contribution in [1.82, 2.24) is 14.9 Å². The molecule has 104 valence electrons. The van der Waals surface area contributed by atoms with Crippen LogP contribution in [0.4, 0.5) is 0 Å². The first-order valence-corrected chi connectivity index (χ1v) is 7.35. The Kier molecular flexibility index (Phi) is 4.97. The summed E-state index contributed by atoms with van der Waals surface area (Å²) >= 11 is 0. The second-order valence-corrected chi connectivity index (χ2v) is 5.28. The molecule has 0 saturated heterocycles. The van der Waals surface area contributed by atoms with Crippen LogP contribution in [0.25, 0.3) is 11.0 Å². The maximum Gasteiger partial charge on any atom is 0.0958 e. The first kappa shape index (κ1) is 14.1. The van der Waals surface area contributed by atoms with Crippen LogP contribution in [0.2, 0.25) is 0 Å². The Morgan fingerprint density at radius 3 is 2.68 bits per heavy atom. The third kappa shape index (κ3) is 3.57. The lowest BCUT2D eigenvalue weighted by molar-refractivity contribution is 0.571. The number of aryl methyl sites for hydroxylation is 3. The van der Waals surface area contributed by atoms with Crippen molar-refractivity contribution < 1.29 is 0 Å². The SMILES string of the molecule is CCNCCCCCn1cnc2cc(C)c(C)cc21. The van der Waals surface area contributed by atoms with E-state index in [-0.39, 0.29) is 0 Å². The van der Waals surface area contributed by atoms with E-state index in [1.165, 1.54) is 35.9 Å². The first-order chi connectivity index (χ1) is 9.22. The number of hydrogen-bond donors (Lipinski definition) is 1. The number of benzene rings is 1. The number of fused-ring (bicyclic) bond motifs is 1. The van der Waals surface area contributed by atoms with Crippen LogP contribution in [0, 0.1) is 13.8 Å². The minimum atomic E-state index is 1.07. The fourth-order valence-corrected chi connectivity index (χ4v) is 2.38. The van der Waals surface area contributed by atoms with E-state index in [9.17, 15) is 0 Å². The molecule has 0 atom stereocenters. The largest absolute Gasteiger partial charge is 0.331 e. The fraction of sp³-hybridized carbons (Fsp3) is 0.562. The van der Waals surface area contributed by atoms with Gasteiger partial charge in [-0.3, -0.25) is 0 Å². The van der Waals surface area contributed by atoms with E-state index in [1.54, 1.807) is 0 Å². The monoisotopic (exact) mass is 259 g/mol. The Labute approximate surface area is 116 Å². The summed E-state index contributed by atoms with van der Waals surface area (Å²) < 4.78 is 2.29. The van der Waals surface area contributed by atoms with Crippen molar-refractivity contribution >= 4 is 11.0 Å². The molecule has 19 heavy (non-hydrogen) atoms. The summed E-state index contributed by atoms with van der Waals surface area (Å²) in [6.45, 7) is 9.76. The van der Waals surface area contributed by atoms with Crippen LogP contribution in [-0.4, -0.2) is 22.6 Å². The predicted octanol–water partition coefficient (Wildman–Crippen LogP) is 3.43. The van der Waals surface area contributed by atoms with Gasteiger partial charge in [0, 0.05) is 6.54 Å². The highest BCUT2D eigenvalue weighted by atomic mass is 15.0. The van der Waals surface area contributed by atoms with Gasteiger partial charge in [0.1, 0.15) is 0 Å². The van der Waals surface area contributed by atoms with Gasteiger partial charge in [-0.15, -0.1) is 0 Å². The predicted molar refractivity (Wildman–Crippen MR) is 81.6 cm³/mol. The molecule has 0 aliphatic rings. The van der Waals surface area contributed by atoms with Crippen LogP contribution in [0.15, 0.2) is 18.5 Å². The molecule has 0 aliphatic heterocycles. The molecule has 0 bridgehead atoms. The Bertz CT molecular complexity index is 528. The highest BCUT2D eigenvalue weighted by molar-refractivity contribution is 5.77. The molecule has 3 heteroatoms. The van der Waals surface area contributed by atoms with E-state index in [2.05, 4.69) is 47.8 Å². The second kappa shape index (κ2) is 6.71. The molecule has 3 nitrogen and oxygen atoms in total. The molecule has 0 amide bonds. The minimum absolute atomic E-state index is 1.07. The lowest BCUT2D eigenvalue weighted by Crippen LogP contribution is -2.13. The third-order valence-corrected chi connectivity index (χ3v) is 3.74. The number of nitrogens with one attached hydrogen (secondary N) is 1. The van der Waals surface area contributed by atoms with Crippen LogP contribution in [0.5, 0.6) is 0 Å². The maximum absolute atomic E-state index is 4.50. The van der Waals surface area contributed by atoms with Crippen molar-refractivity contribution in [2.75, 3.05) is 13.1 Å². The van der Waals surface area contributed by atoms with E-state index in [4.69, 9.17) is 0 Å². The summed E-state index contributed by atoms with van der Waals surface area (Å²) in [5.41, 5.74) is 5.07. The quantitative estimate of drug-likeness (QED) is 0.772. The van der Waals surface area contributed by atoms with Crippen LogP contribution < -0.4 is 5.32 Å². The van der Waals surface area contributed by atoms with Gasteiger partial charge < -0.3 is 9.88 Å². The van der Waals surface area contributed by atoms with Crippen molar-refractivity contribution in [1.29, 1.82) is 0 Å². The van der Waals surface area contributed by atoms with E-state index >= 15 is 0 Å². The molecule has 1 aromatic carbocycles. The first-order valence-electron chi connectivity index (χ1n) is 7.35. The van der Waals surface area contributed by atoms with Crippen molar-refractivity contribution in [2.24, 2.45) is 0 Å². The zero-order valence-electron chi connectivity index (χ0n) is 12.4. The van der Waals surface area contributed by atoms with Crippen molar-refractivity contribution in [3.8, 4) is 0 Å². The molecule has 2 aromatic rings. The van der Waals surface area contributed by atoms with Gasteiger partial charge >= 0.3 is 0 Å². The number of unbranched alkanes of at least 4 members (excludes halogenated alkanes) is 2. The van der Waals surface area contributed by atoms with Gasteiger partial charge in [-0.2, -0.15) is 0 Å². The number of nitrogens with zero attached hydrogens (tertiary/aromatic N) is 2. The van der Waals surface area contributed by atoms with Gasteiger partial charge in [-0.1, -0.05) is 13.3 Å². The van der Waals surface area contributed by atoms with Gasteiger partial charge in [0.2, 0.25) is 0 Å². The summed E-state index contributed by atoms with van der Waals surface area (Å²) in [4.78, 5) is 4.50. The van der Waals surface area contributed by atoms with Gasteiger partial charge in [0.15, 0.2) is 0 Å². The number of aromatic nitrogens is 2. The molecule has 1 aromatic heterocycles. The second-order valence-electron chi connectivity index (χ2n) is 5.28. The van der Waals surface area contributed by atoms with E-state index in [1.807, 2.05) is 6.33 Å². The molecular weight excluding hydrogens is 234 g/mol. The zero-order valence-corrected chi connectivity index (χ0v) is 12.4. The summed E-state index contributed by atoms with van der Waals surface area (Å²) in [6.07, 6.45) is 5.74. The topological polar surface area (TPSA) is 29.9 Å². The maximum atomic E-state index is 4.50. The average Bonchev–Trinajstić information content (AvgIpc) is 2.77. The van der Waals surface area contributed by atoms with Gasteiger partial charge in [-0.25, -0.2) is 4.98 Å². The molecule has 1 heterocycles. The number of hydrogen-bond acceptors (Lipinski definition) is 2. The van der Waals surface area contributed by atoms with Crippen molar-refractivity contribution in [3.63, 3.8) is 0 Å². The zero-order chi connectivity index (χ0) is 13.7. The summed E-state index contributed by atoms with van der Waals surface area (Å²) in [6, 6.07) is 4.45. The minimum Gasteiger partial charge on any atom is -0.331 e. The smallest absolute Gasteiger partial charge is 0.0958 e. The standard InChI is InChI=1S/C16H25N3/c1-4-17-8-6-5-7-9-19-12-18-15-10-13(2)14(3)11-16(15)19/h10-12,17H,4-9H2,1-3H3.